The Morgan fingerprint density at radius 3 is 2.67 bits per heavy atom. The average molecular weight is 248 g/mol. The molecule has 2 aliphatic rings. The zero-order valence-electron chi connectivity index (χ0n) is 10.8. The quantitative estimate of drug-likeness (QED) is 0.841. The topological polar surface area (TPSA) is 38.7 Å². The zero-order chi connectivity index (χ0) is 12.6. The Kier molecular flexibility index (Phi) is 2.94. The van der Waals surface area contributed by atoms with Gasteiger partial charge >= 0.3 is 0 Å². The Labute approximate surface area is 108 Å². The highest BCUT2D eigenvalue weighted by Gasteiger charge is 2.40. The fourth-order valence-electron chi connectivity index (χ4n) is 2.14. The van der Waals surface area contributed by atoms with Crippen LogP contribution in [0.1, 0.15) is 31.2 Å². The van der Waals surface area contributed by atoms with Gasteiger partial charge in [-0.2, -0.15) is 0 Å². The van der Waals surface area contributed by atoms with Gasteiger partial charge in [0.1, 0.15) is 0 Å². The first kappa shape index (κ1) is 11.8. The first-order valence-corrected chi connectivity index (χ1v) is 6.71. The molecule has 0 heterocycles. The van der Waals surface area contributed by atoms with Crippen LogP contribution in [0.5, 0.6) is 11.5 Å². The molecule has 2 fully saturated rings. The van der Waals surface area contributed by atoms with E-state index in [0.29, 0.717) is 0 Å². The fourth-order valence-corrected chi connectivity index (χ4v) is 2.14. The third kappa shape index (κ3) is 2.78. The summed E-state index contributed by atoms with van der Waals surface area (Å²) in [5, 5.41) is 9.96. The van der Waals surface area contributed by atoms with Crippen LogP contribution in [0.15, 0.2) is 18.2 Å². The fraction of sp³-hybridized carbons (Fsp3) is 0.600. The molecule has 3 nitrogen and oxygen atoms in total. The molecule has 3 heteroatoms. The summed E-state index contributed by atoms with van der Waals surface area (Å²) in [5.41, 5.74) is 0.670. The molecule has 0 aromatic heterocycles. The molecule has 3 rings (SSSR count). The molecule has 98 valence electrons. The van der Waals surface area contributed by atoms with Gasteiger partial charge in [-0.25, -0.2) is 0 Å². The lowest BCUT2D eigenvalue weighted by molar-refractivity contribution is 0.151. The van der Waals surface area contributed by atoms with Crippen LogP contribution in [0.2, 0.25) is 0 Å². The van der Waals surface area contributed by atoms with Gasteiger partial charge in [-0.05, 0) is 49.3 Å². The summed E-state index contributed by atoms with van der Waals surface area (Å²) in [6.07, 6.45) is 5.11. The van der Waals surface area contributed by atoms with Crippen LogP contribution in [0.25, 0.3) is 0 Å². The van der Waals surface area contributed by atoms with Crippen molar-refractivity contribution in [3.05, 3.63) is 23.8 Å². The Hall–Kier alpha value is -1.22. The van der Waals surface area contributed by atoms with Crippen molar-refractivity contribution in [1.29, 1.82) is 0 Å². The van der Waals surface area contributed by atoms with Crippen LogP contribution in [0.3, 0.4) is 0 Å². The molecule has 18 heavy (non-hydrogen) atoms. The van der Waals surface area contributed by atoms with Gasteiger partial charge < -0.3 is 14.6 Å². The highest BCUT2D eigenvalue weighted by Crippen LogP contribution is 2.40. The van der Waals surface area contributed by atoms with Gasteiger partial charge in [0.15, 0.2) is 11.5 Å². The summed E-state index contributed by atoms with van der Waals surface area (Å²) in [7, 11) is 1.66. The predicted molar refractivity (Wildman–Crippen MR) is 69.1 cm³/mol. The molecular weight excluding hydrogens is 228 g/mol. The van der Waals surface area contributed by atoms with Crippen molar-refractivity contribution in [3.8, 4) is 11.5 Å². The first-order chi connectivity index (χ1) is 8.68. The standard InChI is InChI=1S/C15H20O3/c1-17-13-5-4-12(9-15(16)6-7-15)8-14(13)18-10-11-2-3-11/h4-5,8,11,16H,2-3,6-7,9-10H2,1H3. The smallest absolute Gasteiger partial charge is 0.161 e. The molecule has 0 atom stereocenters. The minimum Gasteiger partial charge on any atom is -0.493 e. The zero-order valence-corrected chi connectivity index (χ0v) is 10.8. The molecule has 0 saturated heterocycles. The van der Waals surface area contributed by atoms with Crippen LogP contribution < -0.4 is 9.47 Å². The van der Waals surface area contributed by atoms with Crippen LogP contribution in [-0.4, -0.2) is 24.4 Å². The summed E-state index contributed by atoms with van der Waals surface area (Å²) >= 11 is 0. The Morgan fingerprint density at radius 2 is 2.06 bits per heavy atom. The van der Waals surface area contributed by atoms with Gasteiger partial charge in [-0.3, -0.25) is 0 Å². The SMILES string of the molecule is COc1ccc(CC2(O)CC2)cc1OCC1CC1. The van der Waals surface area contributed by atoms with E-state index in [1.165, 1.54) is 12.8 Å². The molecule has 1 aromatic carbocycles. The lowest BCUT2D eigenvalue weighted by Crippen LogP contribution is -2.11. The van der Waals surface area contributed by atoms with E-state index < -0.39 is 5.60 Å². The largest absolute Gasteiger partial charge is 0.493 e. The summed E-state index contributed by atoms with van der Waals surface area (Å²) in [6, 6.07) is 5.96. The minimum absolute atomic E-state index is 0.456. The molecule has 2 aliphatic carbocycles. The molecule has 0 amide bonds. The number of rotatable bonds is 6. The van der Waals surface area contributed by atoms with Crippen molar-refractivity contribution in [3.63, 3.8) is 0 Å². The van der Waals surface area contributed by atoms with E-state index >= 15 is 0 Å². The summed E-state index contributed by atoms with van der Waals surface area (Å²) in [6.45, 7) is 0.782. The number of aliphatic hydroxyl groups is 1. The van der Waals surface area contributed by atoms with E-state index in [1.807, 2.05) is 18.2 Å². The number of benzene rings is 1. The van der Waals surface area contributed by atoms with E-state index in [0.717, 1.165) is 48.8 Å². The van der Waals surface area contributed by atoms with Gasteiger partial charge in [0.05, 0.1) is 19.3 Å². The minimum atomic E-state index is -0.456. The van der Waals surface area contributed by atoms with Crippen molar-refractivity contribution >= 4 is 0 Å². The molecule has 0 radical (unpaired) electrons. The van der Waals surface area contributed by atoms with E-state index in [2.05, 4.69) is 0 Å². The highest BCUT2D eigenvalue weighted by molar-refractivity contribution is 5.43. The summed E-state index contributed by atoms with van der Waals surface area (Å²) in [4.78, 5) is 0. The maximum Gasteiger partial charge on any atom is 0.161 e. The highest BCUT2D eigenvalue weighted by atomic mass is 16.5. The molecular formula is C15H20O3. The van der Waals surface area contributed by atoms with Gasteiger partial charge in [-0.1, -0.05) is 6.07 Å². The maximum atomic E-state index is 9.96. The normalized spacial score (nSPS) is 20.6. The lowest BCUT2D eigenvalue weighted by Gasteiger charge is -2.13. The average Bonchev–Trinajstić information content (AvgIpc) is 3.25. The number of hydrogen-bond donors (Lipinski definition) is 1. The van der Waals surface area contributed by atoms with E-state index in [4.69, 9.17) is 9.47 Å². The van der Waals surface area contributed by atoms with E-state index in [9.17, 15) is 5.11 Å². The molecule has 1 aromatic rings. The summed E-state index contributed by atoms with van der Waals surface area (Å²) in [5.74, 6) is 2.32. The van der Waals surface area contributed by atoms with Crippen LogP contribution in [0.4, 0.5) is 0 Å². The monoisotopic (exact) mass is 248 g/mol. The van der Waals surface area contributed by atoms with Gasteiger partial charge in [-0.15, -0.1) is 0 Å². The third-order valence-corrected chi connectivity index (χ3v) is 3.76. The van der Waals surface area contributed by atoms with Gasteiger partial charge in [0.25, 0.3) is 0 Å². The maximum absolute atomic E-state index is 9.96. The van der Waals surface area contributed by atoms with Crippen molar-refractivity contribution in [2.75, 3.05) is 13.7 Å². The van der Waals surface area contributed by atoms with Crippen LogP contribution >= 0.6 is 0 Å². The van der Waals surface area contributed by atoms with E-state index in [-0.39, 0.29) is 0 Å². The first-order valence-electron chi connectivity index (χ1n) is 6.71. The Bertz CT molecular complexity index is 433. The van der Waals surface area contributed by atoms with Crippen LogP contribution in [-0.2, 0) is 6.42 Å². The molecule has 0 bridgehead atoms. The molecule has 1 N–H and O–H groups in total. The van der Waals surface area contributed by atoms with Crippen molar-refractivity contribution in [2.45, 2.75) is 37.7 Å². The van der Waals surface area contributed by atoms with Crippen molar-refractivity contribution in [2.24, 2.45) is 5.92 Å². The molecule has 2 saturated carbocycles. The lowest BCUT2D eigenvalue weighted by atomic mass is 10.1. The predicted octanol–water partition coefficient (Wildman–Crippen LogP) is 2.55. The molecule has 0 aliphatic heterocycles. The van der Waals surface area contributed by atoms with Crippen molar-refractivity contribution < 1.29 is 14.6 Å². The number of methoxy groups -OCH3 is 1. The van der Waals surface area contributed by atoms with Crippen LogP contribution in [0, 0.1) is 5.92 Å². The van der Waals surface area contributed by atoms with Gasteiger partial charge in [0, 0.05) is 6.42 Å². The second-order valence-corrected chi connectivity index (χ2v) is 5.64. The van der Waals surface area contributed by atoms with E-state index in [1.54, 1.807) is 7.11 Å². The number of ether oxygens (including phenoxy) is 2. The van der Waals surface area contributed by atoms with Crippen molar-refractivity contribution in [1.82, 2.24) is 0 Å². The number of hydrogen-bond acceptors (Lipinski definition) is 3. The molecule has 0 spiro atoms. The second kappa shape index (κ2) is 4.47. The third-order valence-electron chi connectivity index (χ3n) is 3.76. The molecule has 0 unspecified atom stereocenters. The summed E-state index contributed by atoms with van der Waals surface area (Å²) < 4.78 is 11.1. The Balaban J connectivity index is 1.72. The van der Waals surface area contributed by atoms with Gasteiger partial charge in [0.2, 0.25) is 0 Å². The second-order valence-electron chi connectivity index (χ2n) is 5.64. The Morgan fingerprint density at radius 1 is 1.28 bits per heavy atom.